The Hall–Kier alpha value is -2.12. The van der Waals surface area contributed by atoms with Crippen molar-refractivity contribution in [1.29, 1.82) is 0 Å². The number of nitrogens with two attached hydrogens (primary N) is 1. The average molecular weight is 258 g/mol. The molecule has 0 amide bonds. The van der Waals surface area contributed by atoms with Crippen LogP contribution < -0.4 is 5.73 Å². The van der Waals surface area contributed by atoms with Crippen molar-refractivity contribution in [2.45, 2.75) is 6.54 Å². The van der Waals surface area contributed by atoms with Crippen molar-refractivity contribution in [2.75, 3.05) is 0 Å². The molecular formula is C11H10N6S. The van der Waals surface area contributed by atoms with Crippen LogP contribution in [0.3, 0.4) is 0 Å². The fourth-order valence-corrected chi connectivity index (χ4v) is 2.30. The summed E-state index contributed by atoms with van der Waals surface area (Å²) in [5.41, 5.74) is 8.30. The maximum atomic E-state index is 5.71. The van der Waals surface area contributed by atoms with Crippen molar-refractivity contribution in [3.8, 4) is 16.4 Å². The van der Waals surface area contributed by atoms with Crippen LogP contribution in [0.1, 0.15) is 5.69 Å². The van der Waals surface area contributed by atoms with Crippen LogP contribution in [0.5, 0.6) is 0 Å². The quantitative estimate of drug-likeness (QED) is 0.764. The number of rotatable bonds is 3. The molecule has 2 N–H and O–H groups in total. The SMILES string of the molecule is NCc1nnn(-c2nccs2)c1-c1ccncc1. The van der Waals surface area contributed by atoms with Crippen LogP contribution in [-0.2, 0) is 6.54 Å². The third-order valence-electron chi connectivity index (χ3n) is 2.49. The molecule has 0 aliphatic carbocycles. The summed E-state index contributed by atoms with van der Waals surface area (Å²) in [6.45, 7) is 0.336. The first-order chi connectivity index (χ1) is 8.90. The summed E-state index contributed by atoms with van der Waals surface area (Å²) in [4.78, 5) is 8.25. The standard InChI is InChI=1S/C11H10N6S/c12-7-9-10(8-1-3-13-4-2-8)17(16-15-9)11-14-5-6-18-11/h1-6H,7,12H2. The van der Waals surface area contributed by atoms with E-state index in [9.17, 15) is 0 Å². The molecule has 0 atom stereocenters. The predicted octanol–water partition coefficient (Wildman–Crippen LogP) is 1.24. The highest BCUT2D eigenvalue weighted by Crippen LogP contribution is 2.25. The average Bonchev–Trinajstić information content (AvgIpc) is 3.08. The monoisotopic (exact) mass is 258 g/mol. The van der Waals surface area contributed by atoms with Gasteiger partial charge < -0.3 is 5.73 Å². The molecule has 0 aliphatic heterocycles. The summed E-state index contributed by atoms with van der Waals surface area (Å²) in [5.74, 6) is 0. The third kappa shape index (κ3) is 1.79. The van der Waals surface area contributed by atoms with Crippen LogP contribution in [0.15, 0.2) is 36.1 Å². The number of hydrogen-bond donors (Lipinski definition) is 1. The Labute approximate surface area is 107 Å². The lowest BCUT2D eigenvalue weighted by atomic mass is 10.1. The molecule has 3 aromatic heterocycles. The zero-order valence-corrected chi connectivity index (χ0v) is 10.2. The first-order valence-electron chi connectivity index (χ1n) is 5.35. The lowest BCUT2D eigenvalue weighted by Crippen LogP contribution is -2.02. The largest absolute Gasteiger partial charge is 0.325 e. The van der Waals surface area contributed by atoms with E-state index in [4.69, 9.17) is 5.73 Å². The minimum Gasteiger partial charge on any atom is -0.325 e. The van der Waals surface area contributed by atoms with Crippen molar-refractivity contribution < 1.29 is 0 Å². The van der Waals surface area contributed by atoms with Crippen LogP contribution in [0.25, 0.3) is 16.4 Å². The molecule has 0 fully saturated rings. The van der Waals surface area contributed by atoms with E-state index in [0.29, 0.717) is 6.54 Å². The summed E-state index contributed by atoms with van der Waals surface area (Å²) < 4.78 is 1.71. The van der Waals surface area contributed by atoms with E-state index in [2.05, 4.69) is 20.3 Å². The zero-order chi connectivity index (χ0) is 12.4. The van der Waals surface area contributed by atoms with Crippen LogP contribution in [0, 0.1) is 0 Å². The summed E-state index contributed by atoms with van der Waals surface area (Å²) >= 11 is 1.50. The van der Waals surface area contributed by atoms with Crippen LogP contribution in [0.4, 0.5) is 0 Å². The van der Waals surface area contributed by atoms with Gasteiger partial charge in [-0.3, -0.25) is 4.98 Å². The molecule has 3 aromatic rings. The highest BCUT2D eigenvalue weighted by Gasteiger charge is 2.16. The smallest absolute Gasteiger partial charge is 0.212 e. The fourth-order valence-electron chi connectivity index (χ4n) is 1.70. The number of hydrogen-bond acceptors (Lipinski definition) is 6. The molecule has 0 aromatic carbocycles. The number of aromatic nitrogens is 5. The van der Waals surface area contributed by atoms with E-state index in [-0.39, 0.29) is 0 Å². The number of thiazole rings is 1. The molecule has 0 spiro atoms. The second-order valence-corrected chi connectivity index (χ2v) is 4.42. The Morgan fingerprint density at radius 3 is 2.72 bits per heavy atom. The Morgan fingerprint density at radius 1 is 1.22 bits per heavy atom. The van der Waals surface area contributed by atoms with Gasteiger partial charge in [-0.05, 0) is 12.1 Å². The topological polar surface area (TPSA) is 82.5 Å². The van der Waals surface area contributed by atoms with Gasteiger partial charge in [0.1, 0.15) is 11.4 Å². The maximum absolute atomic E-state index is 5.71. The highest BCUT2D eigenvalue weighted by atomic mass is 32.1. The summed E-state index contributed by atoms with van der Waals surface area (Å²) in [6.07, 6.45) is 5.20. The lowest BCUT2D eigenvalue weighted by molar-refractivity contribution is 0.794. The van der Waals surface area contributed by atoms with Gasteiger partial charge >= 0.3 is 0 Å². The third-order valence-corrected chi connectivity index (χ3v) is 3.23. The van der Waals surface area contributed by atoms with Gasteiger partial charge in [-0.1, -0.05) is 5.21 Å². The molecule has 0 unspecified atom stereocenters. The van der Waals surface area contributed by atoms with Crippen molar-refractivity contribution >= 4 is 11.3 Å². The van der Waals surface area contributed by atoms with Crippen molar-refractivity contribution in [2.24, 2.45) is 5.73 Å². The molecule has 0 radical (unpaired) electrons. The molecule has 0 aliphatic rings. The Morgan fingerprint density at radius 2 is 2.06 bits per heavy atom. The van der Waals surface area contributed by atoms with Crippen molar-refractivity contribution in [1.82, 2.24) is 25.0 Å². The number of nitrogens with zero attached hydrogens (tertiary/aromatic N) is 5. The molecular weight excluding hydrogens is 248 g/mol. The molecule has 6 nitrogen and oxygen atoms in total. The zero-order valence-electron chi connectivity index (χ0n) is 9.39. The molecule has 7 heteroatoms. The molecule has 0 saturated heterocycles. The molecule has 18 heavy (non-hydrogen) atoms. The van der Waals surface area contributed by atoms with Gasteiger partial charge in [0.05, 0.1) is 0 Å². The summed E-state index contributed by atoms with van der Waals surface area (Å²) in [5, 5.41) is 10.9. The van der Waals surface area contributed by atoms with E-state index < -0.39 is 0 Å². The molecule has 0 saturated carbocycles. The first-order valence-corrected chi connectivity index (χ1v) is 6.23. The van der Waals surface area contributed by atoms with Crippen molar-refractivity contribution in [3.05, 3.63) is 41.8 Å². The van der Waals surface area contributed by atoms with E-state index in [1.165, 1.54) is 11.3 Å². The Balaban J connectivity index is 2.20. The molecule has 3 rings (SSSR count). The second kappa shape index (κ2) is 4.63. The Kier molecular flexibility index (Phi) is 2.83. The minimum atomic E-state index is 0.336. The van der Waals surface area contributed by atoms with Gasteiger partial charge in [-0.2, -0.15) is 4.68 Å². The maximum Gasteiger partial charge on any atom is 0.212 e. The van der Waals surface area contributed by atoms with E-state index in [0.717, 1.165) is 22.1 Å². The van der Waals surface area contributed by atoms with E-state index >= 15 is 0 Å². The molecule has 3 heterocycles. The van der Waals surface area contributed by atoms with E-state index in [1.807, 2.05) is 17.5 Å². The van der Waals surface area contributed by atoms with Gasteiger partial charge in [0.2, 0.25) is 5.13 Å². The fraction of sp³-hybridized carbons (Fsp3) is 0.0909. The van der Waals surface area contributed by atoms with Crippen LogP contribution >= 0.6 is 11.3 Å². The summed E-state index contributed by atoms with van der Waals surface area (Å²) in [6, 6.07) is 3.81. The minimum absolute atomic E-state index is 0.336. The normalized spacial score (nSPS) is 10.7. The van der Waals surface area contributed by atoms with Gasteiger partial charge in [-0.15, -0.1) is 16.4 Å². The molecule has 0 bridgehead atoms. The second-order valence-electron chi connectivity index (χ2n) is 3.55. The van der Waals surface area contributed by atoms with Crippen LogP contribution in [-0.4, -0.2) is 25.0 Å². The van der Waals surface area contributed by atoms with Gasteiger partial charge in [0, 0.05) is 36.1 Å². The predicted molar refractivity (Wildman–Crippen MR) is 68.2 cm³/mol. The Bertz CT molecular complexity index is 631. The lowest BCUT2D eigenvalue weighted by Gasteiger charge is -2.04. The van der Waals surface area contributed by atoms with Crippen LogP contribution in [0.2, 0.25) is 0 Å². The van der Waals surface area contributed by atoms with Gasteiger partial charge in [0.25, 0.3) is 0 Å². The summed E-state index contributed by atoms with van der Waals surface area (Å²) in [7, 11) is 0. The number of pyridine rings is 1. The first kappa shape index (κ1) is 11.0. The van der Waals surface area contributed by atoms with Crippen molar-refractivity contribution in [3.63, 3.8) is 0 Å². The van der Waals surface area contributed by atoms with E-state index in [1.54, 1.807) is 23.3 Å². The highest BCUT2D eigenvalue weighted by molar-refractivity contribution is 7.12. The molecule has 90 valence electrons. The van der Waals surface area contributed by atoms with Gasteiger partial charge in [0.15, 0.2) is 0 Å². The van der Waals surface area contributed by atoms with Gasteiger partial charge in [-0.25, -0.2) is 4.98 Å².